The van der Waals surface area contributed by atoms with Crippen molar-refractivity contribution < 1.29 is 24.5 Å². The largest absolute Gasteiger partial charge is 0.508 e. The number of halogens is 1. The first-order chi connectivity index (χ1) is 12.3. The van der Waals surface area contributed by atoms with Crippen molar-refractivity contribution in [2.24, 2.45) is 5.10 Å². The van der Waals surface area contributed by atoms with Crippen LogP contribution in [0.2, 0.25) is 0 Å². The number of urea groups is 1. The summed E-state index contributed by atoms with van der Waals surface area (Å²) in [5, 5.41) is 35.5. The Hall–Kier alpha value is -3.29. The van der Waals surface area contributed by atoms with Gasteiger partial charge in [0, 0.05) is 17.7 Å². The third-order valence-corrected chi connectivity index (χ3v) is 3.80. The molecular weight excluding hydrogens is 341 g/mol. The Labute approximate surface area is 149 Å². The molecule has 0 aliphatic carbocycles. The van der Waals surface area contributed by atoms with Crippen LogP contribution in [0.25, 0.3) is 0 Å². The van der Waals surface area contributed by atoms with Gasteiger partial charge in [-0.05, 0) is 43.2 Å². The summed E-state index contributed by atoms with van der Waals surface area (Å²) in [6, 6.07) is 6.11. The second-order valence-electron chi connectivity index (χ2n) is 5.60. The summed E-state index contributed by atoms with van der Waals surface area (Å²) in [5.74, 6) is -1.36. The number of benzene rings is 2. The highest BCUT2D eigenvalue weighted by Crippen LogP contribution is 2.30. The fourth-order valence-corrected chi connectivity index (χ4v) is 2.26. The molecule has 0 heterocycles. The zero-order valence-corrected chi connectivity index (χ0v) is 14.4. The van der Waals surface area contributed by atoms with Gasteiger partial charge in [0.15, 0.2) is 11.6 Å². The van der Waals surface area contributed by atoms with Gasteiger partial charge in [0.1, 0.15) is 11.5 Å². The molecule has 0 bridgehead atoms. The highest BCUT2D eigenvalue weighted by atomic mass is 19.1. The fraction of sp³-hybridized carbons (Fsp3) is 0.222. The molecule has 0 aromatic heterocycles. The molecular formula is C18H20FN3O4. The second-order valence-corrected chi connectivity index (χ2v) is 5.60. The quantitative estimate of drug-likeness (QED) is 0.416. The highest BCUT2D eigenvalue weighted by Gasteiger charge is 2.13. The normalized spacial score (nSPS) is 11.3. The van der Waals surface area contributed by atoms with Crippen LogP contribution in [-0.2, 0) is 6.54 Å². The van der Waals surface area contributed by atoms with E-state index in [-0.39, 0.29) is 18.0 Å². The smallest absolute Gasteiger partial charge is 0.335 e. The maximum atomic E-state index is 13.0. The Kier molecular flexibility index (Phi) is 6.00. The lowest BCUT2D eigenvalue weighted by Gasteiger charge is -2.11. The number of carbonyl (C=O) groups is 1. The molecule has 0 saturated heterocycles. The predicted molar refractivity (Wildman–Crippen MR) is 94.8 cm³/mol. The molecule has 0 spiro atoms. The lowest BCUT2D eigenvalue weighted by molar-refractivity contribution is 0.241. The van der Waals surface area contributed by atoms with Crippen LogP contribution in [0.4, 0.5) is 9.18 Å². The van der Waals surface area contributed by atoms with Crippen LogP contribution in [0.3, 0.4) is 0 Å². The number of nitrogens with zero attached hydrogens (tertiary/aromatic N) is 1. The molecule has 0 radical (unpaired) electrons. The number of amides is 2. The van der Waals surface area contributed by atoms with Gasteiger partial charge in [-0.15, -0.1) is 0 Å². The maximum Gasteiger partial charge on any atom is 0.335 e. The van der Waals surface area contributed by atoms with E-state index in [1.165, 1.54) is 24.3 Å². The SMILES string of the molecule is CC/C(=N\NC(=O)NCc1ccc(F)c(O)c1)c1ccc(O)c(C)c1O. The number of rotatable bonds is 5. The van der Waals surface area contributed by atoms with E-state index in [1.54, 1.807) is 13.8 Å². The first-order valence-corrected chi connectivity index (χ1v) is 7.93. The van der Waals surface area contributed by atoms with Gasteiger partial charge in [0.2, 0.25) is 0 Å². The molecule has 26 heavy (non-hydrogen) atoms. The van der Waals surface area contributed by atoms with Crippen molar-refractivity contribution in [3.8, 4) is 17.2 Å². The Morgan fingerprint density at radius 1 is 1.15 bits per heavy atom. The molecule has 0 aliphatic rings. The van der Waals surface area contributed by atoms with Crippen LogP contribution in [0.1, 0.15) is 30.0 Å². The summed E-state index contributed by atoms with van der Waals surface area (Å²) in [6.45, 7) is 3.45. The molecule has 2 rings (SSSR count). The summed E-state index contributed by atoms with van der Waals surface area (Å²) in [4.78, 5) is 11.9. The second kappa shape index (κ2) is 8.19. The minimum atomic E-state index is -0.737. The summed E-state index contributed by atoms with van der Waals surface area (Å²) in [5.41, 5.74) is 4.00. The van der Waals surface area contributed by atoms with Gasteiger partial charge >= 0.3 is 6.03 Å². The zero-order chi connectivity index (χ0) is 19.3. The van der Waals surface area contributed by atoms with Crippen molar-refractivity contribution in [1.82, 2.24) is 10.7 Å². The van der Waals surface area contributed by atoms with E-state index in [0.717, 1.165) is 6.07 Å². The summed E-state index contributed by atoms with van der Waals surface area (Å²) < 4.78 is 13.0. The molecule has 0 saturated carbocycles. The Bertz CT molecular complexity index is 853. The predicted octanol–water partition coefficient (Wildman–Crippen LogP) is 2.86. The maximum absolute atomic E-state index is 13.0. The Morgan fingerprint density at radius 3 is 2.54 bits per heavy atom. The van der Waals surface area contributed by atoms with E-state index in [2.05, 4.69) is 15.8 Å². The van der Waals surface area contributed by atoms with Gasteiger partial charge in [-0.25, -0.2) is 14.6 Å². The van der Waals surface area contributed by atoms with Crippen LogP contribution in [0, 0.1) is 12.7 Å². The monoisotopic (exact) mass is 361 g/mol. The topological polar surface area (TPSA) is 114 Å². The third-order valence-electron chi connectivity index (χ3n) is 3.80. The van der Waals surface area contributed by atoms with Crippen molar-refractivity contribution in [3.05, 3.63) is 52.8 Å². The number of hydrogen-bond donors (Lipinski definition) is 5. The minimum Gasteiger partial charge on any atom is -0.508 e. The van der Waals surface area contributed by atoms with Gasteiger partial charge in [-0.1, -0.05) is 13.0 Å². The van der Waals surface area contributed by atoms with E-state index in [1.807, 2.05) is 0 Å². The Balaban J connectivity index is 2.03. The molecule has 2 amide bonds. The molecule has 0 atom stereocenters. The van der Waals surface area contributed by atoms with Gasteiger partial charge in [-0.3, -0.25) is 0 Å². The fourth-order valence-electron chi connectivity index (χ4n) is 2.26. The van der Waals surface area contributed by atoms with Crippen LogP contribution < -0.4 is 10.7 Å². The van der Waals surface area contributed by atoms with Gasteiger partial charge in [0.25, 0.3) is 0 Å². The van der Waals surface area contributed by atoms with Crippen molar-refractivity contribution >= 4 is 11.7 Å². The molecule has 7 nitrogen and oxygen atoms in total. The van der Waals surface area contributed by atoms with E-state index in [4.69, 9.17) is 0 Å². The number of phenols is 3. The average molecular weight is 361 g/mol. The third kappa shape index (κ3) is 4.41. The number of nitrogens with one attached hydrogen (secondary N) is 2. The van der Waals surface area contributed by atoms with Crippen LogP contribution in [-0.4, -0.2) is 27.1 Å². The summed E-state index contributed by atoms with van der Waals surface area (Å²) in [6.07, 6.45) is 0.434. The molecule has 2 aromatic carbocycles. The van der Waals surface area contributed by atoms with E-state index < -0.39 is 17.6 Å². The molecule has 0 aliphatic heterocycles. The number of phenolic OH excluding ortho intramolecular Hbond substituents is 3. The molecule has 8 heteroatoms. The van der Waals surface area contributed by atoms with Crippen LogP contribution >= 0.6 is 0 Å². The molecule has 0 fully saturated rings. The number of aromatic hydroxyl groups is 3. The lowest BCUT2D eigenvalue weighted by Crippen LogP contribution is -2.32. The van der Waals surface area contributed by atoms with E-state index in [9.17, 15) is 24.5 Å². The van der Waals surface area contributed by atoms with Gasteiger partial charge < -0.3 is 20.6 Å². The summed E-state index contributed by atoms with van der Waals surface area (Å²) >= 11 is 0. The average Bonchev–Trinajstić information content (AvgIpc) is 2.62. The van der Waals surface area contributed by atoms with Crippen LogP contribution in [0.15, 0.2) is 35.4 Å². The minimum absolute atomic E-state index is 0.0324. The van der Waals surface area contributed by atoms with Crippen molar-refractivity contribution in [2.75, 3.05) is 0 Å². The molecule has 0 unspecified atom stereocenters. The summed E-state index contributed by atoms with van der Waals surface area (Å²) in [7, 11) is 0. The zero-order valence-electron chi connectivity index (χ0n) is 14.4. The first kappa shape index (κ1) is 19.0. The number of hydrogen-bond acceptors (Lipinski definition) is 5. The van der Waals surface area contributed by atoms with E-state index in [0.29, 0.717) is 28.8 Å². The molecule has 138 valence electrons. The molecule has 2 aromatic rings. The van der Waals surface area contributed by atoms with Crippen molar-refractivity contribution in [1.29, 1.82) is 0 Å². The van der Waals surface area contributed by atoms with E-state index >= 15 is 0 Å². The number of carbonyl (C=O) groups excluding carboxylic acids is 1. The molecule has 5 N–H and O–H groups in total. The van der Waals surface area contributed by atoms with Crippen molar-refractivity contribution in [2.45, 2.75) is 26.8 Å². The lowest BCUT2D eigenvalue weighted by atomic mass is 10.0. The van der Waals surface area contributed by atoms with Gasteiger partial charge in [0.05, 0.1) is 5.71 Å². The standard InChI is InChI=1S/C18H20FN3O4/c1-3-14(12-5-7-15(23)10(2)17(12)25)21-22-18(26)20-9-11-4-6-13(19)16(24)8-11/h4-8,23-25H,3,9H2,1-2H3,(H2,20,22,26)/b21-14+. The van der Waals surface area contributed by atoms with Crippen LogP contribution in [0.5, 0.6) is 17.2 Å². The number of hydrazone groups is 1. The highest BCUT2D eigenvalue weighted by molar-refractivity contribution is 6.03. The first-order valence-electron chi connectivity index (χ1n) is 7.93. The van der Waals surface area contributed by atoms with Crippen molar-refractivity contribution in [3.63, 3.8) is 0 Å². The van der Waals surface area contributed by atoms with Gasteiger partial charge in [-0.2, -0.15) is 5.10 Å². The Morgan fingerprint density at radius 2 is 1.88 bits per heavy atom.